The number of pyridine rings is 2. The molecule has 0 fully saturated rings. The Hall–Kier alpha value is -4.85. The minimum absolute atomic E-state index is 0.165. The van der Waals surface area contributed by atoms with E-state index in [0.29, 0.717) is 43.0 Å². The molecule has 0 saturated carbocycles. The lowest BCUT2D eigenvalue weighted by Gasteiger charge is -2.32. The summed E-state index contributed by atoms with van der Waals surface area (Å²) in [6.45, 7) is 7.38. The van der Waals surface area contributed by atoms with Crippen molar-refractivity contribution in [3.8, 4) is 5.75 Å². The van der Waals surface area contributed by atoms with Gasteiger partial charge in [0.2, 0.25) is 5.91 Å². The predicted molar refractivity (Wildman–Crippen MR) is 173 cm³/mol. The van der Waals surface area contributed by atoms with Gasteiger partial charge in [-0.3, -0.25) is 19.4 Å². The van der Waals surface area contributed by atoms with Crippen molar-refractivity contribution in [1.29, 1.82) is 0 Å². The van der Waals surface area contributed by atoms with Gasteiger partial charge >= 0.3 is 0 Å². The second-order valence-electron chi connectivity index (χ2n) is 12.0. The molecule has 0 spiro atoms. The van der Waals surface area contributed by atoms with Gasteiger partial charge in [0, 0.05) is 34.8 Å². The van der Waals surface area contributed by atoms with E-state index >= 15 is 4.39 Å². The first-order valence-electron chi connectivity index (χ1n) is 15.5. The van der Waals surface area contributed by atoms with E-state index in [1.54, 1.807) is 29.6 Å². The van der Waals surface area contributed by atoms with Crippen LogP contribution in [0.2, 0.25) is 0 Å². The number of anilines is 1. The lowest BCUT2D eigenvalue weighted by molar-refractivity contribution is -0.120. The van der Waals surface area contributed by atoms with Gasteiger partial charge in [-0.1, -0.05) is 44.2 Å². The third kappa shape index (κ3) is 6.95. The van der Waals surface area contributed by atoms with Gasteiger partial charge in [-0.15, -0.1) is 0 Å². The Morgan fingerprint density at radius 1 is 1.04 bits per heavy atom. The van der Waals surface area contributed by atoms with Crippen LogP contribution in [0.5, 0.6) is 5.75 Å². The maximum atomic E-state index is 15.6. The van der Waals surface area contributed by atoms with Crippen LogP contribution in [0.15, 0.2) is 91.5 Å². The molecule has 8 heteroatoms. The van der Waals surface area contributed by atoms with E-state index in [0.717, 1.165) is 40.1 Å². The molecule has 1 aliphatic carbocycles. The molecule has 0 bridgehead atoms. The molecular formula is C37H38FN5O2. The van der Waals surface area contributed by atoms with Crippen LogP contribution in [0.25, 0.3) is 0 Å². The van der Waals surface area contributed by atoms with Gasteiger partial charge in [-0.2, -0.15) is 5.10 Å². The quantitative estimate of drug-likeness (QED) is 0.165. The first-order valence-corrected chi connectivity index (χ1v) is 15.5. The first kappa shape index (κ1) is 30.2. The second-order valence-corrected chi connectivity index (χ2v) is 12.0. The summed E-state index contributed by atoms with van der Waals surface area (Å²) in [5.41, 5.74) is 6.76. The number of carbonyl (C=O) groups excluding carboxylic acids is 1. The molecule has 5 aromatic rings. The molecule has 6 rings (SSSR count). The number of hydrogen-bond donors (Lipinski definition) is 0. The Morgan fingerprint density at radius 3 is 2.64 bits per heavy atom. The normalized spacial score (nSPS) is 14.3. The van der Waals surface area contributed by atoms with E-state index in [4.69, 9.17) is 4.74 Å². The van der Waals surface area contributed by atoms with Crippen molar-refractivity contribution in [2.45, 2.75) is 71.6 Å². The van der Waals surface area contributed by atoms with Crippen molar-refractivity contribution >= 4 is 11.6 Å². The molecule has 0 radical (unpaired) electrons. The summed E-state index contributed by atoms with van der Waals surface area (Å²) in [6.07, 6.45) is 9.22. The number of halogens is 1. The van der Waals surface area contributed by atoms with Crippen molar-refractivity contribution in [3.05, 3.63) is 137 Å². The summed E-state index contributed by atoms with van der Waals surface area (Å²) in [7, 11) is 0. The summed E-state index contributed by atoms with van der Waals surface area (Å²) in [5, 5.41) is 4.55. The van der Waals surface area contributed by atoms with E-state index in [-0.39, 0.29) is 24.2 Å². The topological polar surface area (TPSA) is 73.1 Å². The van der Waals surface area contributed by atoms with Crippen LogP contribution in [0.1, 0.15) is 77.7 Å². The highest BCUT2D eigenvalue weighted by molar-refractivity contribution is 5.98. The first-order chi connectivity index (χ1) is 21.9. The van der Waals surface area contributed by atoms with Gasteiger partial charge in [0.05, 0.1) is 42.8 Å². The Bertz CT molecular complexity index is 1770. The number of fused-ring (bicyclic) bond motifs is 1. The smallest absolute Gasteiger partial charge is 0.235 e. The third-order valence-electron chi connectivity index (χ3n) is 8.33. The van der Waals surface area contributed by atoms with Crippen LogP contribution < -0.4 is 9.64 Å². The molecule has 0 aliphatic heterocycles. The van der Waals surface area contributed by atoms with Crippen molar-refractivity contribution < 1.29 is 13.9 Å². The molecule has 3 aromatic heterocycles. The minimum atomic E-state index is -0.648. The highest BCUT2D eigenvalue weighted by Gasteiger charge is 2.35. The van der Waals surface area contributed by atoms with E-state index in [2.05, 4.69) is 28.9 Å². The number of hydrogen-bond acceptors (Lipinski definition) is 5. The second kappa shape index (κ2) is 13.4. The Labute approximate surface area is 263 Å². The predicted octanol–water partition coefficient (Wildman–Crippen LogP) is 7.52. The molecule has 0 saturated heterocycles. The van der Waals surface area contributed by atoms with Crippen molar-refractivity contribution in [2.24, 2.45) is 0 Å². The lowest BCUT2D eigenvalue weighted by atomic mass is 9.81. The average Bonchev–Trinajstić information content (AvgIpc) is 3.50. The van der Waals surface area contributed by atoms with Gasteiger partial charge in [0.1, 0.15) is 18.2 Å². The monoisotopic (exact) mass is 603 g/mol. The van der Waals surface area contributed by atoms with Gasteiger partial charge in [0.25, 0.3) is 0 Å². The molecule has 1 amide bonds. The molecule has 7 nitrogen and oxygen atoms in total. The molecule has 0 N–H and O–H groups in total. The fourth-order valence-electron chi connectivity index (χ4n) is 5.99. The van der Waals surface area contributed by atoms with Gasteiger partial charge in [0.15, 0.2) is 0 Å². The van der Waals surface area contributed by atoms with Crippen LogP contribution >= 0.6 is 0 Å². The summed E-state index contributed by atoms with van der Waals surface area (Å²) < 4.78 is 23.7. The zero-order chi connectivity index (χ0) is 31.3. The third-order valence-corrected chi connectivity index (χ3v) is 8.33. The highest BCUT2D eigenvalue weighted by Crippen LogP contribution is 2.40. The molecule has 3 heterocycles. The number of carbonyl (C=O) groups is 1. The molecular weight excluding hydrogens is 565 g/mol. The van der Waals surface area contributed by atoms with Crippen LogP contribution in [0.4, 0.5) is 10.1 Å². The van der Waals surface area contributed by atoms with Crippen LogP contribution in [-0.2, 0) is 30.9 Å². The largest absolute Gasteiger partial charge is 0.489 e. The average molecular weight is 604 g/mol. The van der Waals surface area contributed by atoms with Gasteiger partial charge in [-0.25, -0.2) is 4.39 Å². The van der Waals surface area contributed by atoms with E-state index in [1.807, 2.05) is 72.4 Å². The van der Waals surface area contributed by atoms with Gasteiger partial charge in [-0.05, 0) is 79.6 Å². The maximum Gasteiger partial charge on any atom is 0.235 e. The van der Waals surface area contributed by atoms with E-state index < -0.39 is 5.92 Å². The molecule has 1 aliphatic rings. The zero-order valence-electron chi connectivity index (χ0n) is 26.0. The number of benzene rings is 2. The number of aromatic nitrogens is 4. The Kier molecular flexibility index (Phi) is 9.01. The fourth-order valence-corrected chi connectivity index (χ4v) is 5.99. The molecule has 230 valence electrons. The summed E-state index contributed by atoms with van der Waals surface area (Å²) in [6, 6.07) is 20.9. The molecule has 1 unspecified atom stereocenters. The van der Waals surface area contributed by atoms with Crippen molar-refractivity contribution in [3.63, 3.8) is 0 Å². The summed E-state index contributed by atoms with van der Waals surface area (Å²) in [5.74, 6) is -0.298. The molecule has 45 heavy (non-hydrogen) atoms. The van der Waals surface area contributed by atoms with Gasteiger partial charge < -0.3 is 9.64 Å². The molecule has 2 aromatic carbocycles. The summed E-state index contributed by atoms with van der Waals surface area (Å²) >= 11 is 0. The standard InChI is InChI=1S/C37H38FN5O2/c1-25(2)34-14-12-30(20-40-34)43(22-28-19-41-42(21-28)23-29-18-26(3)16-17-39-29)37(44)32-11-7-10-31-35(15-13-33(38)36(31)32)45-24-27-8-5-4-6-9-27/h4-6,8-9,12-21,25,32H,7,10-11,22-24H2,1-3H3. The van der Waals surface area contributed by atoms with Crippen molar-refractivity contribution in [2.75, 3.05) is 4.90 Å². The minimum Gasteiger partial charge on any atom is -0.489 e. The Balaban J connectivity index is 1.30. The Morgan fingerprint density at radius 2 is 1.89 bits per heavy atom. The molecule has 1 atom stereocenters. The van der Waals surface area contributed by atoms with Crippen LogP contribution in [0.3, 0.4) is 0 Å². The van der Waals surface area contributed by atoms with E-state index in [9.17, 15) is 4.79 Å². The number of aryl methyl sites for hydroxylation is 1. The number of ether oxygens (including phenoxy) is 1. The fraction of sp³-hybridized carbons (Fsp3) is 0.297. The van der Waals surface area contributed by atoms with Crippen molar-refractivity contribution in [1.82, 2.24) is 19.7 Å². The number of nitrogens with zero attached hydrogens (tertiary/aromatic N) is 5. The van der Waals surface area contributed by atoms with Crippen LogP contribution in [-0.4, -0.2) is 25.7 Å². The zero-order valence-corrected chi connectivity index (χ0v) is 26.0. The highest BCUT2D eigenvalue weighted by atomic mass is 19.1. The van der Waals surface area contributed by atoms with E-state index in [1.165, 1.54) is 6.07 Å². The summed E-state index contributed by atoms with van der Waals surface area (Å²) in [4.78, 5) is 25.3. The number of rotatable bonds is 10. The maximum absolute atomic E-state index is 15.6. The van der Waals surface area contributed by atoms with Crippen LogP contribution in [0, 0.1) is 12.7 Å². The SMILES string of the molecule is Cc1ccnc(Cn2cc(CN(C(=O)C3CCCc4c(OCc5ccccc5)ccc(F)c43)c3ccc(C(C)C)nc3)cn2)c1. The lowest BCUT2D eigenvalue weighted by Crippen LogP contribution is -2.36. The number of amides is 1.